The molecule has 1 aliphatic carbocycles. The molecule has 1 fully saturated rings. The predicted molar refractivity (Wildman–Crippen MR) is 107 cm³/mol. The molecule has 0 radical (unpaired) electrons. The minimum absolute atomic E-state index is 0.0139. The number of aryl methyl sites for hydroxylation is 1. The van der Waals surface area contributed by atoms with Crippen LogP contribution in [0.15, 0.2) is 24.4 Å². The molecule has 1 aliphatic heterocycles. The minimum atomic E-state index is -0.594. The lowest BCUT2D eigenvalue weighted by atomic mass is 9.94. The average molecular weight is 416 g/mol. The smallest absolute Gasteiger partial charge is 0.254 e. The van der Waals surface area contributed by atoms with Crippen LogP contribution in [0.2, 0.25) is 0 Å². The number of halogens is 2. The van der Waals surface area contributed by atoms with Gasteiger partial charge in [-0.3, -0.25) is 14.3 Å². The largest absolute Gasteiger partial charge is 0.356 e. The van der Waals surface area contributed by atoms with E-state index in [9.17, 15) is 18.4 Å². The summed E-state index contributed by atoms with van der Waals surface area (Å²) in [5.74, 6) is -2.09. The van der Waals surface area contributed by atoms with Gasteiger partial charge in [-0.1, -0.05) is 6.07 Å². The number of carbonyl (C=O) groups is 2. The Balaban J connectivity index is 1.34. The Morgan fingerprint density at radius 2 is 2.00 bits per heavy atom. The van der Waals surface area contributed by atoms with Crippen LogP contribution < -0.4 is 10.6 Å². The van der Waals surface area contributed by atoms with Crippen LogP contribution in [0.25, 0.3) is 0 Å². The van der Waals surface area contributed by atoms with E-state index in [-0.39, 0.29) is 29.3 Å². The number of aromatic nitrogens is 2. The third-order valence-electron chi connectivity index (χ3n) is 5.91. The summed E-state index contributed by atoms with van der Waals surface area (Å²) in [5, 5.41) is 10.1. The number of nitrogens with one attached hydrogen (secondary N) is 2. The maximum atomic E-state index is 13.9. The molecular formula is C22H26F2N4O2. The van der Waals surface area contributed by atoms with Gasteiger partial charge in [-0.25, -0.2) is 8.78 Å². The quantitative estimate of drug-likeness (QED) is 0.760. The molecule has 0 bridgehead atoms. The van der Waals surface area contributed by atoms with Crippen molar-refractivity contribution >= 4 is 11.8 Å². The van der Waals surface area contributed by atoms with Crippen LogP contribution in [-0.4, -0.2) is 34.2 Å². The van der Waals surface area contributed by atoms with E-state index in [4.69, 9.17) is 0 Å². The molecule has 8 heteroatoms. The maximum absolute atomic E-state index is 13.9. The Kier molecular flexibility index (Phi) is 5.58. The normalized spacial score (nSPS) is 22.5. The first kappa shape index (κ1) is 20.5. The molecule has 30 heavy (non-hydrogen) atoms. The Hall–Kier alpha value is -2.77. The standard InChI is InChI=1S/C22H26F2N4O2/c1-12(2)27-22(30)16-11-26-28-7-6-13(8-19(16)28)10-25-21(29)15-9-14(15)20-17(23)4-3-5-18(20)24/h3-5,11-15H,6-10H2,1-2H3,(H,25,29)(H,27,30). The zero-order valence-electron chi connectivity index (χ0n) is 17.1. The Bertz CT molecular complexity index is 952. The first-order valence-electron chi connectivity index (χ1n) is 10.4. The van der Waals surface area contributed by atoms with E-state index in [1.165, 1.54) is 18.2 Å². The molecule has 2 aliphatic rings. The van der Waals surface area contributed by atoms with Crippen LogP contribution in [0, 0.1) is 23.5 Å². The molecule has 2 heterocycles. The summed E-state index contributed by atoms with van der Waals surface area (Å²) in [4.78, 5) is 24.9. The van der Waals surface area contributed by atoms with Crippen LogP contribution in [-0.2, 0) is 17.8 Å². The molecular weight excluding hydrogens is 390 g/mol. The molecule has 0 spiro atoms. The zero-order chi connectivity index (χ0) is 21.4. The van der Waals surface area contributed by atoms with Gasteiger partial charge in [0.15, 0.2) is 0 Å². The van der Waals surface area contributed by atoms with Crippen molar-refractivity contribution in [3.8, 4) is 0 Å². The lowest BCUT2D eigenvalue weighted by Gasteiger charge is -2.24. The molecule has 3 atom stereocenters. The number of benzene rings is 1. The van der Waals surface area contributed by atoms with E-state index in [0.29, 0.717) is 31.5 Å². The Morgan fingerprint density at radius 1 is 1.27 bits per heavy atom. The molecule has 2 N–H and O–H groups in total. The van der Waals surface area contributed by atoms with Crippen molar-refractivity contribution in [1.82, 2.24) is 20.4 Å². The summed E-state index contributed by atoms with van der Waals surface area (Å²) in [6, 6.07) is 3.82. The molecule has 1 aromatic heterocycles. The third-order valence-corrected chi connectivity index (χ3v) is 5.91. The highest BCUT2D eigenvalue weighted by Crippen LogP contribution is 2.49. The number of rotatable bonds is 6. The van der Waals surface area contributed by atoms with Gasteiger partial charge in [-0.15, -0.1) is 0 Å². The number of carbonyl (C=O) groups excluding carboxylic acids is 2. The van der Waals surface area contributed by atoms with Gasteiger partial charge in [-0.05, 0) is 51.2 Å². The van der Waals surface area contributed by atoms with Crippen molar-refractivity contribution in [3.05, 3.63) is 52.9 Å². The highest BCUT2D eigenvalue weighted by atomic mass is 19.1. The lowest BCUT2D eigenvalue weighted by molar-refractivity contribution is -0.122. The van der Waals surface area contributed by atoms with Gasteiger partial charge in [0.05, 0.1) is 17.5 Å². The fourth-order valence-electron chi connectivity index (χ4n) is 4.25. The van der Waals surface area contributed by atoms with E-state index in [0.717, 1.165) is 12.1 Å². The summed E-state index contributed by atoms with van der Waals surface area (Å²) < 4.78 is 29.7. The first-order valence-corrected chi connectivity index (χ1v) is 10.4. The fourth-order valence-corrected chi connectivity index (χ4v) is 4.25. The number of hydrogen-bond acceptors (Lipinski definition) is 3. The van der Waals surface area contributed by atoms with Gasteiger partial charge in [-0.2, -0.15) is 5.10 Å². The van der Waals surface area contributed by atoms with E-state index in [1.54, 1.807) is 6.20 Å². The van der Waals surface area contributed by atoms with Crippen molar-refractivity contribution < 1.29 is 18.4 Å². The lowest BCUT2D eigenvalue weighted by Crippen LogP contribution is -2.35. The van der Waals surface area contributed by atoms with Gasteiger partial charge in [0.1, 0.15) is 11.6 Å². The minimum Gasteiger partial charge on any atom is -0.356 e. The van der Waals surface area contributed by atoms with Crippen molar-refractivity contribution in [2.45, 2.75) is 51.6 Å². The van der Waals surface area contributed by atoms with E-state index < -0.39 is 23.5 Å². The third kappa shape index (κ3) is 4.08. The van der Waals surface area contributed by atoms with E-state index in [2.05, 4.69) is 15.7 Å². The number of fused-ring (bicyclic) bond motifs is 1. The summed E-state index contributed by atoms with van der Waals surface area (Å²) in [5.41, 5.74) is 1.48. The molecule has 6 nitrogen and oxygen atoms in total. The van der Waals surface area contributed by atoms with Gasteiger partial charge in [0.25, 0.3) is 5.91 Å². The second-order valence-electron chi connectivity index (χ2n) is 8.54. The van der Waals surface area contributed by atoms with E-state index >= 15 is 0 Å². The number of nitrogens with zero attached hydrogens (tertiary/aromatic N) is 2. The average Bonchev–Trinajstić information content (AvgIpc) is 3.35. The molecule has 4 rings (SSSR count). The predicted octanol–water partition coefficient (Wildman–Crippen LogP) is 2.78. The van der Waals surface area contributed by atoms with Gasteiger partial charge in [0.2, 0.25) is 5.91 Å². The van der Waals surface area contributed by atoms with Crippen molar-refractivity contribution in [1.29, 1.82) is 0 Å². The van der Waals surface area contributed by atoms with Crippen molar-refractivity contribution in [2.75, 3.05) is 6.54 Å². The fraction of sp³-hybridized carbons (Fsp3) is 0.500. The molecule has 2 aromatic rings. The highest BCUT2D eigenvalue weighted by Gasteiger charge is 2.46. The summed E-state index contributed by atoms with van der Waals surface area (Å²) in [7, 11) is 0. The van der Waals surface area contributed by atoms with Gasteiger partial charge >= 0.3 is 0 Å². The Morgan fingerprint density at radius 3 is 2.70 bits per heavy atom. The molecule has 160 valence electrons. The van der Waals surface area contributed by atoms with Crippen molar-refractivity contribution in [2.24, 2.45) is 11.8 Å². The maximum Gasteiger partial charge on any atom is 0.254 e. The van der Waals surface area contributed by atoms with Crippen LogP contribution in [0.5, 0.6) is 0 Å². The molecule has 1 aromatic carbocycles. The van der Waals surface area contributed by atoms with Crippen LogP contribution in [0.4, 0.5) is 8.78 Å². The van der Waals surface area contributed by atoms with Gasteiger partial charge < -0.3 is 10.6 Å². The highest BCUT2D eigenvalue weighted by molar-refractivity contribution is 5.95. The molecule has 1 saturated carbocycles. The van der Waals surface area contributed by atoms with Crippen LogP contribution >= 0.6 is 0 Å². The number of amides is 2. The topological polar surface area (TPSA) is 76.0 Å². The number of hydrogen-bond donors (Lipinski definition) is 2. The van der Waals surface area contributed by atoms with Crippen LogP contribution in [0.1, 0.15) is 54.2 Å². The van der Waals surface area contributed by atoms with Crippen LogP contribution in [0.3, 0.4) is 0 Å². The zero-order valence-corrected chi connectivity index (χ0v) is 17.1. The molecule has 3 unspecified atom stereocenters. The summed E-state index contributed by atoms with van der Waals surface area (Å²) in [6.45, 7) is 4.98. The van der Waals surface area contributed by atoms with Crippen molar-refractivity contribution in [3.63, 3.8) is 0 Å². The van der Waals surface area contributed by atoms with E-state index in [1.807, 2.05) is 18.5 Å². The van der Waals surface area contributed by atoms with Gasteiger partial charge in [0, 0.05) is 36.5 Å². The Labute approximate surface area is 174 Å². The SMILES string of the molecule is CC(C)NC(=O)c1cnn2c1CC(CNC(=O)C1CC1c1c(F)cccc1F)CC2. The summed E-state index contributed by atoms with van der Waals surface area (Å²) >= 11 is 0. The monoisotopic (exact) mass is 416 g/mol. The molecule has 0 saturated heterocycles. The second-order valence-corrected chi connectivity index (χ2v) is 8.54. The first-order chi connectivity index (χ1) is 14.3. The molecule has 2 amide bonds. The second kappa shape index (κ2) is 8.16. The summed E-state index contributed by atoms with van der Waals surface area (Å²) in [6.07, 6.45) is 3.56.